The minimum absolute atomic E-state index is 0.133. The van der Waals surface area contributed by atoms with E-state index in [1.165, 1.54) is 12.1 Å². The Bertz CT molecular complexity index is 604. The average Bonchev–Trinajstić information content (AvgIpc) is 2.35. The highest BCUT2D eigenvalue weighted by Crippen LogP contribution is 2.28. The van der Waals surface area contributed by atoms with E-state index in [2.05, 4.69) is 60.5 Å². The summed E-state index contributed by atoms with van der Waals surface area (Å²) < 4.78 is 16.0. The largest absolute Gasteiger partial charge is 0.324 e. The summed E-state index contributed by atoms with van der Waals surface area (Å²) in [4.78, 5) is 0. The van der Waals surface area contributed by atoms with E-state index in [1.807, 2.05) is 12.1 Å². The van der Waals surface area contributed by atoms with E-state index < -0.39 is 0 Å². The molecule has 0 aromatic heterocycles. The summed E-state index contributed by atoms with van der Waals surface area (Å²) in [6, 6.07) is 10.6. The van der Waals surface area contributed by atoms with Crippen molar-refractivity contribution in [1.82, 2.24) is 0 Å². The first kappa shape index (κ1) is 15.4. The molecule has 5 heteroatoms. The maximum absolute atomic E-state index is 13.1. The van der Waals surface area contributed by atoms with Gasteiger partial charge in [-0.15, -0.1) is 0 Å². The van der Waals surface area contributed by atoms with Crippen LogP contribution < -0.4 is 5.73 Å². The van der Waals surface area contributed by atoms with Crippen LogP contribution in [0.5, 0.6) is 0 Å². The normalized spacial score (nSPS) is 12.5. The van der Waals surface area contributed by atoms with Crippen molar-refractivity contribution in [1.29, 1.82) is 0 Å². The van der Waals surface area contributed by atoms with Gasteiger partial charge in [0.05, 0.1) is 0 Å². The zero-order valence-electron chi connectivity index (χ0n) is 9.84. The predicted octanol–water partition coefficient (Wildman–Crippen LogP) is 5.20. The Morgan fingerprint density at radius 2 is 1.84 bits per heavy atom. The summed E-state index contributed by atoms with van der Waals surface area (Å²) in [6.45, 7) is 0. The molecular formula is C14H11Br2FIN. The molecular weight excluding hydrogens is 488 g/mol. The number of hydrogen-bond donors (Lipinski definition) is 1. The fourth-order valence-corrected chi connectivity index (χ4v) is 3.40. The first-order valence-electron chi connectivity index (χ1n) is 5.62. The Morgan fingerprint density at radius 1 is 1.11 bits per heavy atom. The summed E-state index contributed by atoms with van der Waals surface area (Å²) in [5.41, 5.74) is 8.31. The van der Waals surface area contributed by atoms with Crippen molar-refractivity contribution in [2.24, 2.45) is 5.73 Å². The Kier molecular flexibility index (Phi) is 5.39. The molecule has 2 rings (SSSR count). The van der Waals surface area contributed by atoms with Gasteiger partial charge in [0.15, 0.2) is 0 Å². The Balaban J connectivity index is 2.25. The Morgan fingerprint density at radius 3 is 2.53 bits per heavy atom. The van der Waals surface area contributed by atoms with Crippen molar-refractivity contribution in [3.8, 4) is 0 Å². The molecule has 0 bridgehead atoms. The number of rotatable bonds is 3. The van der Waals surface area contributed by atoms with Crippen LogP contribution in [0.2, 0.25) is 0 Å². The van der Waals surface area contributed by atoms with Crippen molar-refractivity contribution in [3.63, 3.8) is 0 Å². The standard InChI is InChI=1S/C14H11Br2FIN/c15-12-4-3-10(18)7-11(12)14(19)5-8-1-2-9(17)6-13(8)16/h1-4,6-7,14H,5,19H2. The van der Waals surface area contributed by atoms with Gasteiger partial charge in [0.1, 0.15) is 5.82 Å². The molecule has 0 spiro atoms. The van der Waals surface area contributed by atoms with E-state index in [1.54, 1.807) is 6.07 Å². The van der Waals surface area contributed by atoms with Crippen LogP contribution in [-0.2, 0) is 6.42 Å². The molecule has 1 atom stereocenters. The first-order valence-corrected chi connectivity index (χ1v) is 8.28. The molecule has 0 aliphatic rings. The summed E-state index contributed by atoms with van der Waals surface area (Å²) in [5.74, 6) is -0.250. The molecule has 1 nitrogen and oxygen atoms in total. The zero-order chi connectivity index (χ0) is 14.0. The summed E-state index contributed by atoms with van der Waals surface area (Å²) in [7, 11) is 0. The van der Waals surface area contributed by atoms with Crippen LogP contribution in [0, 0.1) is 9.39 Å². The molecule has 2 aromatic carbocycles. The van der Waals surface area contributed by atoms with Crippen molar-refractivity contribution in [2.45, 2.75) is 12.5 Å². The van der Waals surface area contributed by atoms with Crippen LogP contribution in [0.4, 0.5) is 4.39 Å². The molecule has 100 valence electrons. The van der Waals surface area contributed by atoms with Crippen LogP contribution in [0.25, 0.3) is 0 Å². The maximum atomic E-state index is 13.1. The minimum Gasteiger partial charge on any atom is -0.324 e. The van der Waals surface area contributed by atoms with Crippen LogP contribution >= 0.6 is 54.5 Å². The van der Waals surface area contributed by atoms with Gasteiger partial charge in [0, 0.05) is 18.6 Å². The topological polar surface area (TPSA) is 26.0 Å². The number of hydrogen-bond acceptors (Lipinski definition) is 1. The van der Waals surface area contributed by atoms with Crippen LogP contribution in [0.1, 0.15) is 17.2 Å². The van der Waals surface area contributed by atoms with Crippen molar-refractivity contribution < 1.29 is 4.39 Å². The Labute approximate surface area is 142 Å². The van der Waals surface area contributed by atoms with Crippen LogP contribution in [-0.4, -0.2) is 0 Å². The number of nitrogens with two attached hydrogens (primary N) is 1. The van der Waals surface area contributed by atoms with E-state index in [0.29, 0.717) is 6.42 Å². The molecule has 0 radical (unpaired) electrons. The molecule has 2 aromatic rings. The molecule has 0 aliphatic heterocycles. The number of halogens is 4. The predicted molar refractivity (Wildman–Crippen MR) is 91.6 cm³/mol. The Hall–Kier alpha value is 0.0200. The third kappa shape index (κ3) is 4.00. The van der Waals surface area contributed by atoms with Crippen molar-refractivity contribution in [3.05, 3.63) is 65.9 Å². The van der Waals surface area contributed by atoms with Gasteiger partial charge < -0.3 is 5.73 Å². The molecule has 0 saturated heterocycles. The second-order valence-corrected chi connectivity index (χ2v) is 7.17. The lowest BCUT2D eigenvalue weighted by molar-refractivity contribution is 0.624. The average molecular weight is 499 g/mol. The third-order valence-electron chi connectivity index (χ3n) is 2.81. The number of benzene rings is 2. The van der Waals surface area contributed by atoms with E-state index in [0.717, 1.165) is 23.6 Å². The molecule has 0 heterocycles. The molecule has 0 amide bonds. The lowest BCUT2D eigenvalue weighted by Crippen LogP contribution is -2.14. The summed E-state index contributed by atoms with van der Waals surface area (Å²) in [6.07, 6.45) is 0.652. The second kappa shape index (κ2) is 6.65. The van der Waals surface area contributed by atoms with Gasteiger partial charge in [-0.25, -0.2) is 4.39 Å². The van der Waals surface area contributed by atoms with Gasteiger partial charge in [-0.05, 0) is 70.5 Å². The second-order valence-electron chi connectivity index (χ2n) is 4.21. The fraction of sp³-hybridized carbons (Fsp3) is 0.143. The zero-order valence-corrected chi connectivity index (χ0v) is 15.2. The monoisotopic (exact) mass is 497 g/mol. The lowest BCUT2D eigenvalue weighted by atomic mass is 10.00. The third-order valence-corrected chi connectivity index (χ3v) is 4.94. The fourth-order valence-electron chi connectivity index (χ4n) is 1.83. The van der Waals surface area contributed by atoms with E-state index in [9.17, 15) is 4.39 Å². The van der Waals surface area contributed by atoms with Crippen molar-refractivity contribution >= 4 is 54.5 Å². The van der Waals surface area contributed by atoms with Crippen LogP contribution in [0.15, 0.2) is 45.3 Å². The molecule has 0 aliphatic carbocycles. The smallest absolute Gasteiger partial charge is 0.124 e. The quantitative estimate of drug-likeness (QED) is 0.579. The maximum Gasteiger partial charge on any atom is 0.124 e. The lowest BCUT2D eigenvalue weighted by Gasteiger charge is -2.15. The minimum atomic E-state index is -0.250. The highest BCUT2D eigenvalue weighted by Gasteiger charge is 2.13. The first-order chi connectivity index (χ1) is 8.97. The van der Waals surface area contributed by atoms with Gasteiger partial charge in [-0.3, -0.25) is 0 Å². The van der Waals surface area contributed by atoms with Gasteiger partial charge in [0.2, 0.25) is 0 Å². The van der Waals surface area contributed by atoms with E-state index >= 15 is 0 Å². The van der Waals surface area contributed by atoms with Crippen LogP contribution in [0.3, 0.4) is 0 Å². The van der Waals surface area contributed by atoms with Crippen molar-refractivity contribution in [2.75, 3.05) is 0 Å². The highest BCUT2D eigenvalue weighted by atomic mass is 127. The van der Waals surface area contributed by atoms with Gasteiger partial charge in [0.25, 0.3) is 0 Å². The molecule has 19 heavy (non-hydrogen) atoms. The molecule has 0 saturated carbocycles. The highest BCUT2D eigenvalue weighted by molar-refractivity contribution is 14.1. The molecule has 0 fully saturated rings. The van der Waals surface area contributed by atoms with Gasteiger partial charge in [-0.1, -0.05) is 37.9 Å². The van der Waals surface area contributed by atoms with E-state index in [-0.39, 0.29) is 11.9 Å². The molecule has 1 unspecified atom stereocenters. The summed E-state index contributed by atoms with van der Waals surface area (Å²) in [5, 5.41) is 0. The van der Waals surface area contributed by atoms with E-state index in [4.69, 9.17) is 5.73 Å². The SMILES string of the molecule is NC(Cc1ccc(F)cc1Br)c1cc(I)ccc1Br. The van der Waals surface area contributed by atoms with Gasteiger partial charge in [-0.2, -0.15) is 0 Å². The van der Waals surface area contributed by atoms with Gasteiger partial charge >= 0.3 is 0 Å². The summed E-state index contributed by atoms with van der Waals surface area (Å²) >= 11 is 9.15. The molecule has 2 N–H and O–H groups in total.